The molecule has 3 nitrogen and oxygen atoms in total. The zero-order chi connectivity index (χ0) is 35.1. The van der Waals surface area contributed by atoms with Crippen molar-refractivity contribution in [2.24, 2.45) is 0 Å². The fourth-order valence-corrected chi connectivity index (χ4v) is 8.85. The standard InChI is InChI=1S/C50H33NO2/c1-50(42-17-8-5-14-37(42)38-15-6-9-18-43(38)50)44-19-11-21-48-49(44)41-30-33(24-28-47(41)53-48)32-22-25-35(26-23-32)51(34-12-3-2-4-13-34)36-27-29-46-40(31-36)39-16-7-10-20-45(39)52-46/h2-31H,1H3. The van der Waals surface area contributed by atoms with Crippen molar-refractivity contribution in [2.45, 2.75) is 12.3 Å². The van der Waals surface area contributed by atoms with Gasteiger partial charge < -0.3 is 13.7 Å². The molecule has 8 aromatic carbocycles. The van der Waals surface area contributed by atoms with Crippen molar-refractivity contribution in [2.75, 3.05) is 4.90 Å². The number of fused-ring (bicyclic) bond motifs is 9. The number of anilines is 3. The lowest BCUT2D eigenvalue weighted by atomic mass is 9.73. The molecule has 1 aliphatic carbocycles. The van der Waals surface area contributed by atoms with Crippen LogP contribution in [0.3, 0.4) is 0 Å². The molecule has 53 heavy (non-hydrogen) atoms. The van der Waals surface area contributed by atoms with Gasteiger partial charge in [-0.2, -0.15) is 0 Å². The number of benzene rings is 8. The van der Waals surface area contributed by atoms with Gasteiger partial charge in [-0.15, -0.1) is 0 Å². The number of hydrogen-bond donors (Lipinski definition) is 0. The molecule has 250 valence electrons. The quantitative estimate of drug-likeness (QED) is 0.181. The first kappa shape index (κ1) is 29.8. The first-order chi connectivity index (χ1) is 26.1. The SMILES string of the molecule is CC1(c2cccc3oc4ccc(-c5ccc(N(c6ccccc6)c6ccc7oc8ccccc8c7c6)cc5)cc4c23)c2ccccc2-c2ccccc21. The largest absolute Gasteiger partial charge is 0.456 e. The van der Waals surface area contributed by atoms with E-state index in [4.69, 9.17) is 8.83 Å². The second-order valence-corrected chi connectivity index (χ2v) is 14.2. The predicted octanol–water partition coefficient (Wildman–Crippen LogP) is 14.0. The number of hydrogen-bond acceptors (Lipinski definition) is 3. The zero-order valence-electron chi connectivity index (χ0n) is 29.1. The topological polar surface area (TPSA) is 29.5 Å². The minimum atomic E-state index is -0.326. The molecule has 1 aliphatic rings. The summed E-state index contributed by atoms with van der Waals surface area (Å²) in [7, 11) is 0. The number of furan rings is 2. The molecule has 0 N–H and O–H groups in total. The maximum atomic E-state index is 6.55. The normalized spacial score (nSPS) is 13.2. The third-order valence-electron chi connectivity index (χ3n) is 11.3. The molecular formula is C50H33NO2. The highest BCUT2D eigenvalue weighted by Crippen LogP contribution is 2.54. The van der Waals surface area contributed by atoms with Crippen molar-refractivity contribution in [3.8, 4) is 22.3 Å². The van der Waals surface area contributed by atoms with Gasteiger partial charge in [-0.1, -0.05) is 115 Å². The number of para-hydroxylation sites is 2. The van der Waals surface area contributed by atoms with Crippen LogP contribution >= 0.6 is 0 Å². The van der Waals surface area contributed by atoms with E-state index < -0.39 is 0 Å². The van der Waals surface area contributed by atoms with Crippen LogP contribution in [-0.2, 0) is 5.41 Å². The van der Waals surface area contributed by atoms with Gasteiger partial charge in [0.1, 0.15) is 22.3 Å². The lowest BCUT2D eigenvalue weighted by Gasteiger charge is -2.29. The summed E-state index contributed by atoms with van der Waals surface area (Å²) in [5, 5.41) is 4.53. The molecule has 0 spiro atoms. The van der Waals surface area contributed by atoms with Gasteiger partial charge in [-0.05, 0) is 113 Å². The molecule has 3 heteroatoms. The Morgan fingerprint density at radius 1 is 0.377 bits per heavy atom. The van der Waals surface area contributed by atoms with E-state index in [0.29, 0.717) is 0 Å². The maximum absolute atomic E-state index is 6.55. The molecule has 0 fully saturated rings. The molecule has 0 atom stereocenters. The van der Waals surface area contributed by atoms with Crippen molar-refractivity contribution >= 4 is 60.9 Å². The molecule has 11 rings (SSSR count). The number of rotatable bonds is 5. The van der Waals surface area contributed by atoms with E-state index in [0.717, 1.165) is 66.7 Å². The average Bonchev–Trinajstić information content (AvgIpc) is 3.87. The van der Waals surface area contributed by atoms with E-state index in [9.17, 15) is 0 Å². The van der Waals surface area contributed by atoms with Gasteiger partial charge in [0.15, 0.2) is 0 Å². The van der Waals surface area contributed by atoms with E-state index >= 15 is 0 Å². The van der Waals surface area contributed by atoms with Crippen molar-refractivity contribution in [1.29, 1.82) is 0 Å². The monoisotopic (exact) mass is 679 g/mol. The molecule has 0 aliphatic heterocycles. The van der Waals surface area contributed by atoms with Crippen LogP contribution in [0.15, 0.2) is 191 Å². The number of nitrogens with zero attached hydrogens (tertiary/aromatic N) is 1. The summed E-state index contributed by atoms with van der Waals surface area (Å²) in [4.78, 5) is 2.31. The molecule has 0 amide bonds. The summed E-state index contributed by atoms with van der Waals surface area (Å²) in [5.41, 5.74) is 15.3. The van der Waals surface area contributed by atoms with Crippen molar-refractivity contribution < 1.29 is 8.83 Å². The molecule has 0 unspecified atom stereocenters. The van der Waals surface area contributed by atoms with E-state index in [1.165, 1.54) is 33.2 Å². The highest BCUT2D eigenvalue weighted by Gasteiger charge is 2.41. The summed E-state index contributed by atoms with van der Waals surface area (Å²) in [6.07, 6.45) is 0. The summed E-state index contributed by atoms with van der Waals surface area (Å²) < 4.78 is 12.7. The minimum absolute atomic E-state index is 0.326. The molecule has 0 radical (unpaired) electrons. The molecule has 0 saturated carbocycles. The highest BCUT2D eigenvalue weighted by molar-refractivity contribution is 6.10. The van der Waals surface area contributed by atoms with Crippen LogP contribution in [0.2, 0.25) is 0 Å². The van der Waals surface area contributed by atoms with E-state index in [1.807, 2.05) is 12.1 Å². The second kappa shape index (κ2) is 11.3. The van der Waals surface area contributed by atoms with Crippen LogP contribution in [0.25, 0.3) is 66.1 Å². The van der Waals surface area contributed by atoms with Crippen LogP contribution < -0.4 is 4.90 Å². The third kappa shape index (κ3) is 4.41. The van der Waals surface area contributed by atoms with Gasteiger partial charge in [0.2, 0.25) is 0 Å². The van der Waals surface area contributed by atoms with Gasteiger partial charge in [-0.3, -0.25) is 0 Å². The Bertz CT molecular complexity index is 2980. The van der Waals surface area contributed by atoms with E-state index in [2.05, 4.69) is 182 Å². The third-order valence-corrected chi connectivity index (χ3v) is 11.3. The lowest BCUT2D eigenvalue weighted by Crippen LogP contribution is -2.22. The van der Waals surface area contributed by atoms with Gasteiger partial charge >= 0.3 is 0 Å². The Hall–Kier alpha value is -6.84. The van der Waals surface area contributed by atoms with Gasteiger partial charge in [-0.25, -0.2) is 0 Å². The average molecular weight is 680 g/mol. The Kier molecular flexibility index (Phi) is 6.38. The Balaban J connectivity index is 1.03. The van der Waals surface area contributed by atoms with Gasteiger partial charge in [0.25, 0.3) is 0 Å². The molecular weight excluding hydrogens is 647 g/mol. The van der Waals surface area contributed by atoms with Gasteiger partial charge in [0.05, 0.1) is 0 Å². The summed E-state index contributed by atoms with van der Waals surface area (Å²) >= 11 is 0. The van der Waals surface area contributed by atoms with Crippen molar-refractivity contribution in [3.05, 3.63) is 199 Å². The molecule has 0 saturated heterocycles. The molecule has 2 aromatic heterocycles. The fraction of sp³-hybridized carbons (Fsp3) is 0.0400. The first-order valence-electron chi connectivity index (χ1n) is 18.2. The Labute approximate surface area is 307 Å². The smallest absolute Gasteiger partial charge is 0.135 e. The Morgan fingerprint density at radius 3 is 1.72 bits per heavy atom. The summed E-state index contributed by atoms with van der Waals surface area (Å²) in [6, 6.07) is 65.0. The van der Waals surface area contributed by atoms with E-state index in [1.54, 1.807) is 0 Å². The Morgan fingerprint density at radius 2 is 0.925 bits per heavy atom. The van der Waals surface area contributed by atoms with Crippen molar-refractivity contribution in [3.63, 3.8) is 0 Å². The first-order valence-corrected chi connectivity index (χ1v) is 18.2. The van der Waals surface area contributed by atoms with Crippen LogP contribution in [0.4, 0.5) is 17.1 Å². The minimum Gasteiger partial charge on any atom is -0.456 e. The zero-order valence-corrected chi connectivity index (χ0v) is 29.1. The molecule has 10 aromatic rings. The maximum Gasteiger partial charge on any atom is 0.135 e. The van der Waals surface area contributed by atoms with Crippen LogP contribution in [-0.4, -0.2) is 0 Å². The second-order valence-electron chi connectivity index (χ2n) is 14.2. The lowest BCUT2D eigenvalue weighted by molar-refractivity contribution is 0.666. The molecule has 2 heterocycles. The van der Waals surface area contributed by atoms with Gasteiger partial charge in [0, 0.05) is 44.0 Å². The predicted molar refractivity (Wildman–Crippen MR) is 219 cm³/mol. The van der Waals surface area contributed by atoms with Crippen LogP contribution in [0, 0.1) is 0 Å². The van der Waals surface area contributed by atoms with E-state index in [-0.39, 0.29) is 5.41 Å². The van der Waals surface area contributed by atoms with Crippen LogP contribution in [0.1, 0.15) is 23.6 Å². The summed E-state index contributed by atoms with van der Waals surface area (Å²) in [5.74, 6) is 0. The van der Waals surface area contributed by atoms with Crippen LogP contribution in [0.5, 0.6) is 0 Å². The summed E-state index contributed by atoms with van der Waals surface area (Å²) in [6.45, 7) is 2.37. The van der Waals surface area contributed by atoms with Crippen molar-refractivity contribution in [1.82, 2.24) is 0 Å². The fourth-order valence-electron chi connectivity index (χ4n) is 8.85. The molecule has 0 bridgehead atoms. The highest BCUT2D eigenvalue weighted by atomic mass is 16.3.